The van der Waals surface area contributed by atoms with E-state index in [0.717, 1.165) is 27.7 Å². The van der Waals surface area contributed by atoms with Gasteiger partial charge < -0.3 is 5.32 Å². The van der Waals surface area contributed by atoms with E-state index < -0.39 is 0 Å². The van der Waals surface area contributed by atoms with Gasteiger partial charge in [0.05, 0.1) is 28.7 Å². The molecule has 5 rings (SSSR count). The third-order valence-electron chi connectivity index (χ3n) is 5.34. The number of fused-ring (bicyclic) bond motifs is 1. The van der Waals surface area contributed by atoms with Crippen molar-refractivity contribution in [2.75, 3.05) is 5.32 Å². The SMILES string of the molecule is Cc1cccc(-c2cccc3nc(-c4cncc(C#N)c4)nc(NCc4ccccn4)c23)c1. The molecular weight excluding hydrogens is 408 g/mol. The third-order valence-corrected chi connectivity index (χ3v) is 5.34. The molecule has 6 nitrogen and oxygen atoms in total. The van der Waals surface area contributed by atoms with Crippen LogP contribution in [-0.2, 0) is 6.54 Å². The molecule has 0 bridgehead atoms. The van der Waals surface area contributed by atoms with Crippen molar-refractivity contribution in [1.29, 1.82) is 5.26 Å². The molecule has 0 unspecified atom stereocenters. The molecule has 33 heavy (non-hydrogen) atoms. The Balaban J connectivity index is 1.70. The van der Waals surface area contributed by atoms with Crippen molar-refractivity contribution in [2.45, 2.75) is 13.5 Å². The minimum Gasteiger partial charge on any atom is -0.364 e. The van der Waals surface area contributed by atoms with Crippen molar-refractivity contribution >= 4 is 16.7 Å². The van der Waals surface area contributed by atoms with Gasteiger partial charge in [-0.3, -0.25) is 9.97 Å². The highest BCUT2D eigenvalue weighted by molar-refractivity contribution is 6.02. The molecule has 6 heteroatoms. The second-order valence-corrected chi connectivity index (χ2v) is 7.71. The van der Waals surface area contributed by atoms with Crippen LogP contribution in [0.2, 0.25) is 0 Å². The molecule has 158 valence electrons. The summed E-state index contributed by atoms with van der Waals surface area (Å²) in [5.74, 6) is 1.22. The van der Waals surface area contributed by atoms with E-state index in [4.69, 9.17) is 9.97 Å². The first-order chi connectivity index (χ1) is 16.2. The molecule has 5 aromatic rings. The summed E-state index contributed by atoms with van der Waals surface area (Å²) in [6.07, 6.45) is 4.98. The molecule has 3 aromatic heterocycles. The lowest BCUT2D eigenvalue weighted by atomic mass is 9.99. The number of nitrogens with zero attached hydrogens (tertiary/aromatic N) is 5. The molecule has 0 radical (unpaired) electrons. The first-order valence-corrected chi connectivity index (χ1v) is 10.6. The van der Waals surface area contributed by atoms with Crippen LogP contribution >= 0.6 is 0 Å². The second-order valence-electron chi connectivity index (χ2n) is 7.71. The van der Waals surface area contributed by atoms with Crippen LogP contribution in [-0.4, -0.2) is 19.9 Å². The van der Waals surface area contributed by atoms with Gasteiger partial charge >= 0.3 is 0 Å². The third kappa shape index (κ3) is 4.25. The van der Waals surface area contributed by atoms with Gasteiger partial charge in [0.1, 0.15) is 11.9 Å². The van der Waals surface area contributed by atoms with Crippen LogP contribution in [0.3, 0.4) is 0 Å². The normalized spacial score (nSPS) is 10.7. The molecular formula is C27H20N6. The second kappa shape index (κ2) is 8.85. The zero-order chi connectivity index (χ0) is 22.6. The van der Waals surface area contributed by atoms with Gasteiger partial charge in [-0.1, -0.05) is 48.0 Å². The summed E-state index contributed by atoms with van der Waals surface area (Å²) in [5.41, 5.74) is 6.22. The number of hydrogen-bond acceptors (Lipinski definition) is 6. The average Bonchev–Trinajstić information content (AvgIpc) is 2.87. The van der Waals surface area contributed by atoms with E-state index in [1.807, 2.05) is 30.3 Å². The topological polar surface area (TPSA) is 87.4 Å². The zero-order valence-electron chi connectivity index (χ0n) is 18.0. The summed E-state index contributed by atoms with van der Waals surface area (Å²) < 4.78 is 0. The van der Waals surface area contributed by atoms with Crippen LogP contribution in [0, 0.1) is 18.3 Å². The smallest absolute Gasteiger partial charge is 0.163 e. The minimum atomic E-state index is 0.465. The van der Waals surface area contributed by atoms with Crippen molar-refractivity contribution in [1.82, 2.24) is 19.9 Å². The fraction of sp³-hybridized carbons (Fsp3) is 0.0741. The van der Waals surface area contributed by atoms with Crippen molar-refractivity contribution in [3.05, 3.63) is 102 Å². The highest BCUT2D eigenvalue weighted by Gasteiger charge is 2.15. The first-order valence-electron chi connectivity index (χ1n) is 10.6. The van der Waals surface area contributed by atoms with Crippen LogP contribution < -0.4 is 5.32 Å². The Bertz CT molecular complexity index is 1490. The Morgan fingerprint density at radius 1 is 0.909 bits per heavy atom. The van der Waals surface area contributed by atoms with Crippen molar-refractivity contribution in [3.8, 4) is 28.6 Å². The molecule has 2 aromatic carbocycles. The Kier molecular flexibility index (Phi) is 5.44. The van der Waals surface area contributed by atoms with Gasteiger partial charge in [-0.2, -0.15) is 5.26 Å². The number of aromatic nitrogens is 4. The number of pyridine rings is 2. The molecule has 3 heterocycles. The Hall–Kier alpha value is -4.63. The lowest BCUT2D eigenvalue weighted by Crippen LogP contribution is -2.06. The lowest BCUT2D eigenvalue weighted by Gasteiger charge is -2.14. The van der Waals surface area contributed by atoms with Crippen LogP contribution in [0.15, 0.2) is 85.3 Å². The summed E-state index contributed by atoms with van der Waals surface area (Å²) in [6, 6.07) is 24.2. The van der Waals surface area contributed by atoms with E-state index in [9.17, 15) is 5.26 Å². The fourth-order valence-corrected chi connectivity index (χ4v) is 3.79. The summed E-state index contributed by atoms with van der Waals surface area (Å²) in [5, 5.41) is 13.7. The van der Waals surface area contributed by atoms with Crippen LogP contribution in [0.1, 0.15) is 16.8 Å². The number of hydrogen-bond donors (Lipinski definition) is 1. The number of nitriles is 1. The molecule has 0 saturated carbocycles. The molecule has 0 atom stereocenters. The summed E-state index contributed by atoms with van der Waals surface area (Å²) >= 11 is 0. The molecule has 0 aliphatic carbocycles. The minimum absolute atomic E-state index is 0.465. The summed E-state index contributed by atoms with van der Waals surface area (Å²) in [7, 11) is 0. The maximum atomic E-state index is 9.28. The summed E-state index contributed by atoms with van der Waals surface area (Å²) in [6.45, 7) is 2.60. The van der Waals surface area contributed by atoms with Crippen molar-refractivity contribution < 1.29 is 0 Å². The maximum Gasteiger partial charge on any atom is 0.163 e. The van der Waals surface area contributed by atoms with Gasteiger partial charge in [-0.15, -0.1) is 0 Å². The predicted molar refractivity (Wildman–Crippen MR) is 129 cm³/mol. The van der Waals surface area contributed by atoms with Gasteiger partial charge in [0.15, 0.2) is 5.82 Å². The van der Waals surface area contributed by atoms with Crippen LogP contribution in [0.4, 0.5) is 5.82 Å². The predicted octanol–water partition coefficient (Wildman–Crippen LogP) is 5.55. The molecule has 0 fully saturated rings. The molecule has 0 saturated heterocycles. The summed E-state index contributed by atoms with van der Waals surface area (Å²) in [4.78, 5) is 18.3. The number of anilines is 1. The zero-order valence-corrected chi connectivity index (χ0v) is 18.0. The van der Waals surface area contributed by atoms with Gasteiger partial charge in [0.2, 0.25) is 0 Å². The van der Waals surface area contributed by atoms with E-state index in [-0.39, 0.29) is 0 Å². The van der Waals surface area contributed by atoms with E-state index >= 15 is 0 Å². The van der Waals surface area contributed by atoms with Gasteiger partial charge in [-0.25, -0.2) is 9.97 Å². The molecule has 1 N–H and O–H groups in total. The lowest BCUT2D eigenvalue weighted by molar-refractivity contribution is 1.03. The number of aryl methyl sites for hydroxylation is 1. The van der Waals surface area contributed by atoms with E-state index in [1.54, 1.807) is 18.5 Å². The highest BCUT2D eigenvalue weighted by Crippen LogP contribution is 2.34. The van der Waals surface area contributed by atoms with Gasteiger partial charge in [0, 0.05) is 24.2 Å². The largest absolute Gasteiger partial charge is 0.364 e. The quantitative estimate of drug-likeness (QED) is 0.395. The Labute approximate surface area is 191 Å². The Morgan fingerprint density at radius 3 is 2.64 bits per heavy atom. The van der Waals surface area contributed by atoms with Crippen molar-refractivity contribution in [3.63, 3.8) is 0 Å². The fourth-order valence-electron chi connectivity index (χ4n) is 3.79. The average molecular weight is 428 g/mol. The highest BCUT2D eigenvalue weighted by atomic mass is 15.0. The van der Waals surface area contributed by atoms with E-state index in [2.05, 4.69) is 58.6 Å². The number of nitrogens with one attached hydrogen (secondary N) is 1. The molecule has 0 amide bonds. The number of rotatable bonds is 5. The Morgan fingerprint density at radius 2 is 1.82 bits per heavy atom. The monoisotopic (exact) mass is 428 g/mol. The molecule has 0 aliphatic rings. The van der Waals surface area contributed by atoms with Gasteiger partial charge in [-0.05, 0) is 42.3 Å². The van der Waals surface area contributed by atoms with Crippen LogP contribution in [0.25, 0.3) is 33.4 Å². The first kappa shape index (κ1) is 20.3. The molecule has 0 spiro atoms. The van der Waals surface area contributed by atoms with E-state index in [0.29, 0.717) is 29.3 Å². The van der Waals surface area contributed by atoms with E-state index in [1.165, 1.54) is 11.8 Å². The standard InChI is InChI=1S/C27H20N6/c1-18-6-4-7-20(12-18)23-9-5-10-24-25(23)27(31-17-22-8-2-3-11-30-22)33-26(32-24)21-13-19(14-28)15-29-16-21/h2-13,15-16H,17H2,1H3,(H,31,32,33). The van der Waals surface area contributed by atoms with Crippen molar-refractivity contribution in [2.24, 2.45) is 0 Å². The number of benzene rings is 2. The van der Waals surface area contributed by atoms with Gasteiger partial charge in [0.25, 0.3) is 0 Å². The molecule has 0 aliphatic heterocycles. The van der Waals surface area contributed by atoms with Crippen LogP contribution in [0.5, 0.6) is 0 Å². The maximum absolute atomic E-state index is 9.28.